The van der Waals surface area contributed by atoms with Gasteiger partial charge in [-0.3, -0.25) is 4.68 Å². The lowest BCUT2D eigenvalue weighted by Crippen LogP contribution is -2.34. The smallest absolute Gasteiger partial charge is 0.0728 e. The van der Waals surface area contributed by atoms with Gasteiger partial charge in [0, 0.05) is 24.3 Å². The zero-order valence-corrected chi connectivity index (χ0v) is 11.1. The molecule has 1 saturated carbocycles. The van der Waals surface area contributed by atoms with Crippen molar-refractivity contribution >= 4 is 17.3 Å². The Hall–Kier alpha value is -1.48. The predicted molar refractivity (Wildman–Crippen MR) is 74.0 cm³/mol. The van der Waals surface area contributed by atoms with Crippen LogP contribution in [0.3, 0.4) is 0 Å². The van der Waals surface area contributed by atoms with Gasteiger partial charge in [0.05, 0.1) is 11.9 Å². The van der Waals surface area contributed by atoms with Crippen molar-refractivity contribution in [2.24, 2.45) is 7.05 Å². The zero-order chi connectivity index (χ0) is 12.5. The summed E-state index contributed by atoms with van der Waals surface area (Å²) in [6.45, 7) is 0. The fraction of sp³-hybridized carbons (Fsp3) is 0.357. The molecule has 4 heteroatoms. The number of aryl methyl sites for hydroxylation is 1. The van der Waals surface area contributed by atoms with Crippen LogP contribution in [-0.2, 0) is 7.05 Å². The molecule has 2 aromatic rings. The van der Waals surface area contributed by atoms with Crippen LogP contribution in [0.25, 0.3) is 0 Å². The average Bonchev–Trinajstić information content (AvgIpc) is 2.70. The molecule has 0 unspecified atom stereocenters. The number of rotatable bonds is 3. The summed E-state index contributed by atoms with van der Waals surface area (Å²) in [6.07, 6.45) is 6.14. The molecule has 0 spiro atoms. The van der Waals surface area contributed by atoms with E-state index in [0.717, 1.165) is 23.6 Å². The van der Waals surface area contributed by atoms with Gasteiger partial charge in [0.15, 0.2) is 0 Å². The third kappa shape index (κ3) is 2.23. The van der Waals surface area contributed by atoms with Crippen LogP contribution in [0.1, 0.15) is 24.3 Å². The Morgan fingerprint density at radius 3 is 2.78 bits per heavy atom. The lowest BCUT2D eigenvalue weighted by atomic mass is 9.76. The second kappa shape index (κ2) is 4.65. The Morgan fingerprint density at radius 2 is 2.11 bits per heavy atom. The Bertz CT molecular complexity index is 543. The first-order valence-electron chi connectivity index (χ1n) is 6.22. The van der Waals surface area contributed by atoms with Crippen molar-refractivity contribution in [3.8, 4) is 0 Å². The topological polar surface area (TPSA) is 29.9 Å². The van der Waals surface area contributed by atoms with Crippen molar-refractivity contribution in [3.63, 3.8) is 0 Å². The molecule has 18 heavy (non-hydrogen) atoms. The van der Waals surface area contributed by atoms with Gasteiger partial charge < -0.3 is 5.32 Å². The molecule has 1 aromatic heterocycles. The molecule has 0 radical (unpaired) electrons. The molecule has 0 atom stereocenters. The quantitative estimate of drug-likeness (QED) is 0.917. The fourth-order valence-electron chi connectivity index (χ4n) is 2.53. The van der Waals surface area contributed by atoms with Gasteiger partial charge in [0.2, 0.25) is 0 Å². The molecule has 1 aromatic carbocycles. The maximum absolute atomic E-state index is 6.21. The molecule has 0 amide bonds. The summed E-state index contributed by atoms with van der Waals surface area (Å²) in [5, 5.41) is 8.54. The van der Waals surface area contributed by atoms with E-state index in [4.69, 9.17) is 11.6 Å². The maximum Gasteiger partial charge on any atom is 0.0728 e. The number of nitrogens with one attached hydrogen (secondary N) is 1. The second-order valence-corrected chi connectivity index (χ2v) is 5.34. The molecule has 1 aliphatic carbocycles. The predicted octanol–water partition coefficient (Wildman–Crippen LogP) is 3.43. The summed E-state index contributed by atoms with van der Waals surface area (Å²) >= 11 is 6.21. The van der Waals surface area contributed by atoms with E-state index in [-0.39, 0.29) is 0 Å². The normalized spacial score (nSPS) is 22.6. The van der Waals surface area contributed by atoms with Crippen LogP contribution in [0.15, 0.2) is 36.7 Å². The molecule has 1 aliphatic rings. The van der Waals surface area contributed by atoms with Crippen LogP contribution in [0.5, 0.6) is 0 Å². The summed E-state index contributed by atoms with van der Waals surface area (Å²) in [5.74, 6) is 0.591. The molecule has 1 N–H and O–H groups in total. The van der Waals surface area contributed by atoms with Crippen molar-refractivity contribution in [2.45, 2.75) is 24.8 Å². The van der Waals surface area contributed by atoms with E-state index >= 15 is 0 Å². The van der Waals surface area contributed by atoms with Crippen molar-refractivity contribution < 1.29 is 0 Å². The molecular formula is C14H16ClN3. The number of hydrogen-bond acceptors (Lipinski definition) is 2. The maximum atomic E-state index is 6.21. The Balaban J connectivity index is 1.59. The van der Waals surface area contributed by atoms with Gasteiger partial charge in [-0.05, 0) is 30.4 Å². The van der Waals surface area contributed by atoms with E-state index in [1.807, 2.05) is 36.3 Å². The first-order chi connectivity index (χ1) is 8.72. The minimum Gasteiger partial charge on any atom is -0.380 e. The summed E-state index contributed by atoms with van der Waals surface area (Å²) in [6, 6.07) is 8.68. The van der Waals surface area contributed by atoms with Gasteiger partial charge in [-0.15, -0.1) is 0 Å². The molecule has 1 fully saturated rings. The van der Waals surface area contributed by atoms with Crippen molar-refractivity contribution in [3.05, 3.63) is 47.2 Å². The highest BCUT2D eigenvalue weighted by Crippen LogP contribution is 2.41. The molecular weight excluding hydrogens is 246 g/mol. The minimum atomic E-state index is 0.537. The highest BCUT2D eigenvalue weighted by Gasteiger charge is 2.31. The zero-order valence-electron chi connectivity index (χ0n) is 10.3. The lowest BCUT2D eigenvalue weighted by molar-refractivity contribution is 0.374. The average molecular weight is 262 g/mol. The summed E-state index contributed by atoms with van der Waals surface area (Å²) in [4.78, 5) is 0. The molecule has 1 heterocycles. The molecule has 3 nitrogen and oxygen atoms in total. The SMILES string of the molecule is Cn1cc(NC2CC(c3ccccc3Cl)C2)cn1. The first kappa shape index (κ1) is 11.6. The van der Waals surface area contributed by atoms with Crippen LogP contribution in [0, 0.1) is 0 Å². The van der Waals surface area contributed by atoms with Crippen molar-refractivity contribution in [1.82, 2.24) is 9.78 Å². The van der Waals surface area contributed by atoms with Gasteiger partial charge in [0.25, 0.3) is 0 Å². The van der Waals surface area contributed by atoms with E-state index in [1.165, 1.54) is 5.56 Å². The monoisotopic (exact) mass is 261 g/mol. The minimum absolute atomic E-state index is 0.537. The number of benzene rings is 1. The van der Waals surface area contributed by atoms with E-state index in [9.17, 15) is 0 Å². The standard InChI is InChI=1S/C14H16ClN3/c1-18-9-12(8-16-18)17-11-6-10(7-11)13-4-2-3-5-14(13)15/h2-5,8-11,17H,6-7H2,1H3. The largest absolute Gasteiger partial charge is 0.380 e. The van der Waals surface area contributed by atoms with E-state index in [1.54, 1.807) is 0 Å². The van der Waals surface area contributed by atoms with Gasteiger partial charge >= 0.3 is 0 Å². The van der Waals surface area contributed by atoms with Gasteiger partial charge in [-0.1, -0.05) is 29.8 Å². The van der Waals surface area contributed by atoms with E-state index in [0.29, 0.717) is 12.0 Å². The molecule has 0 bridgehead atoms. The number of nitrogens with zero attached hydrogens (tertiary/aromatic N) is 2. The number of aromatic nitrogens is 2. The summed E-state index contributed by atoms with van der Waals surface area (Å²) < 4.78 is 1.81. The van der Waals surface area contributed by atoms with Crippen molar-refractivity contribution in [1.29, 1.82) is 0 Å². The van der Waals surface area contributed by atoms with Crippen LogP contribution >= 0.6 is 11.6 Å². The van der Waals surface area contributed by atoms with Crippen LogP contribution in [0.2, 0.25) is 5.02 Å². The highest BCUT2D eigenvalue weighted by molar-refractivity contribution is 6.31. The Morgan fingerprint density at radius 1 is 1.33 bits per heavy atom. The highest BCUT2D eigenvalue weighted by atomic mass is 35.5. The van der Waals surface area contributed by atoms with Crippen LogP contribution in [0.4, 0.5) is 5.69 Å². The van der Waals surface area contributed by atoms with Crippen molar-refractivity contribution in [2.75, 3.05) is 5.32 Å². The van der Waals surface area contributed by atoms with E-state index < -0.39 is 0 Å². The fourth-order valence-corrected chi connectivity index (χ4v) is 2.82. The Kier molecular flexibility index (Phi) is 3.00. The molecule has 0 saturated heterocycles. The Labute approximate surface area is 112 Å². The van der Waals surface area contributed by atoms with Gasteiger partial charge in [-0.25, -0.2) is 0 Å². The van der Waals surface area contributed by atoms with Gasteiger partial charge in [-0.2, -0.15) is 5.10 Å². The lowest BCUT2D eigenvalue weighted by Gasteiger charge is -2.36. The molecule has 3 rings (SSSR count). The van der Waals surface area contributed by atoms with E-state index in [2.05, 4.69) is 22.5 Å². The number of hydrogen-bond donors (Lipinski definition) is 1. The molecule has 0 aliphatic heterocycles. The third-order valence-electron chi connectivity index (χ3n) is 3.56. The van der Waals surface area contributed by atoms with Crippen LogP contribution < -0.4 is 5.32 Å². The number of anilines is 1. The second-order valence-electron chi connectivity index (χ2n) is 4.93. The third-order valence-corrected chi connectivity index (χ3v) is 3.90. The summed E-state index contributed by atoms with van der Waals surface area (Å²) in [5.41, 5.74) is 2.38. The number of halogens is 1. The van der Waals surface area contributed by atoms with Crippen LogP contribution in [-0.4, -0.2) is 15.8 Å². The molecule has 94 valence electrons. The first-order valence-corrected chi connectivity index (χ1v) is 6.60. The summed E-state index contributed by atoms with van der Waals surface area (Å²) in [7, 11) is 1.93. The van der Waals surface area contributed by atoms with Gasteiger partial charge in [0.1, 0.15) is 0 Å².